The van der Waals surface area contributed by atoms with Crippen LogP contribution in [0.1, 0.15) is 9.67 Å². The second kappa shape index (κ2) is 5.99. The van der Waals surface area contributed by atoms with E-state index >= 15 is 0 Å². The van der Waals surface area contributed by atoms with Gasteiger partial charge in [0.2, 0.25) is 0 Å². The number of ether oxygens (including phenoxy) is 2. The number of likely N-dealkylation sites (N-methyl/N-ethyl adjacent to an activating group) is 1. The SMILES string of the molecule is COC(=O)c1sc2ccncc2c1OCCN(C)C. The van der Waals surface area contributed by atoms with E-state index in [0.29, 0.717) is 17.2 Å². The highest BCUT2D eigenvalue weighted by molar-refractivity contribution is 7.21. The van der Waals surface area contributed by atoms with Crippen LogP contribution in [0.5, 0.6) is 5.75 Å². The van der Waals surface area contributed by atoms with Crippen molar-refractivity contribution < 1.29 is 14.3 Å². The van der Waals surface area contributed by atoms with Crippen LogP contribution in [0, 0.1) is 0 Å². The molecule has 0 aliphatic rings. The van der Waals surface area contributed by atoms with Gasteiger partial charge in [-0.15, -0.1) is 11.3 Å². The maximum Gasteiger partial charge on any atom is 0.351 e. The maximum absolute atomic E-state index is 11.8. The molecular weight excluding hydrogens is 264 g/mol. The van der Waals surface area contributed by atoms with Crippen molar-refractivity contribution in [3.8, 4) is 5.75 Å². The number of aromatic nitrogens is 1. The van der Waals surface area contributed by atoms with Crippen LogP contribution >= 0.6 is 11.3 Å². The van der Waals surface area contributed by atoms with Crippen molar-refractivity contribution in [3.63, 3.8) is 0 Å². The summed E-state index contributed by atoms with van der Waals surface area (Å²) in [6.07, 6.45) is 3.41. The van der Waals surface area contributed by atoms with Gasteiger partial charge in [-0.3, -0.25) is 4.98 Å². The molecule has 0 aliphatic carbocycles. The quantitative estimate of drug-likeness (QED) is 0.784. The molecule has 0 saturated heterocycles. The Morgan fingerprint density at radius 2 is 2.26 bits per heavy atom. The summed E-state index contributed by atoms with van der Waals surface area (Å²) in [6, 6.07) is 1.87. The van der Waals surface area contributed by atoms with Gasteiger partial charge in [0, 0.05) is 23.6 Å². The summed E-state index contributed by atoms with van der Waals surface area (Å²) < 4.78 is 11.5. The van der Waals surface area contributed by atoms with Gasteiger partial charge >= 0.3 is 5.97 Å². The Balaban J connectivity index is 2.34. The van der Waals surface area contributed by atoms with E-state index in [0.717, 1.165) is 16.6 Å². The molecule has 2 aromatic rings. The Bertz CT molecular complexity index is 580. The molecule has 0 radical (unpaired) electrons. The van der Waals surface area contributed by atoms with E-state index < -0.39 is 0 Å². The first-order chi connectivity index (χ1) is 9.13. The largest absolute Gasteiger partial charge is 0.490 e. The number of nitrogens with zero attached hydrogens (tertiary/aromatic N) is 2. The summed E-state index contributed by atoms with van der Waals surface area (Å²) in [5.74, 6) is 0.197. The Morgan fingerprint density at radius 3 is 2.95 bits per heavy atom. The Labute approximate surface area is 115 Å². The molecule has 0 aromatic carbocycles. The lowest BCUT2D eigenvalue weighted by Gasteiger charge is -2.11. The lowest BCUT2D eigenvalue weighted by Crippen LogP contribution is -2.19. The van der Waals surface area contributed by atoms with E-state index in [2.05, 4.69) is 4.98 Å². The molecule has 0 aliphatic heterocycles. The molecule has 19 heavy (non-hydrogen) atoms. The summed E-state index contributed by atoms with van der Waals surface area (Å²) in [7, 11) is 5.31. The summed E-state index contributed by atoms with van der Waals surface area (Å²) in [5.41, 5.74) is 0. The molecule has 6 heteroatoms. The van der Waals surface area contributed by atoms with Crippen molar-refractivity contribution in [2.24, 2.45) is 0 Å². The predicted octanol–water partition coefficient (Wildman–Crippen LogP) is 2.02. The smallest absolute Gasteiger partial charge is 0.351 e. The van der Waals surface area contributed by atoms with Crippen LogP contribution in [-0.2, 0) is 4.74 Å². The standard InChI is InChI=1S/C13H16N2O3S/c1-15(2)6-7-18-11-9-8-14-5-4-10(9)19-12(11)13(16)17-3/h4-5,8H,6-7H2,1-3H3. The van der Waals surface area contributed by atoms with Crippen LogP contribution in [0.15, 0.2) is 18.5 Å². The highest BCUT2D eigenvalue weighted by Crippen LogP contribution is 2.37. The molecule has 0 amide bonds. The molecule has 2 rings (SSSR count). The Hall–Kier alpha value is -1.66. The van der Waals surface area contributed by atoms with Gasteiger partial charge in [0.1, 0.15) is 6.61 Å². The zero-order valence-corrected chi connectivity index (χ0v) is 12.0. The van der Waals surface area contributed by atoms with Crippen LogP contribution < -0.4 is 4.74 Å². The normalized spacial score (nSPS) is 10.9. The van der Waals surface area contributed by atoms with Crippen LogP contribution in [0.25, 0.3) is 10.1 Å². The first-order valence-electron chi connectivity index (χ1n) is 5.86. The monoisotopic (exact) mass is 280 g/mol. The predicted molar refractivity (Wildman–Crippen MR) is 75.0 cm³/mol. The topological polar surface area (TPSA) is 51.7 Å². The van der Waals surface area contributed by atoms with E-state index in [9.17, 15) is 4.79 Å². The minimum absolute atomic E-state index is 0.374. The third-order valence-corrected chi connectivity index (χ3v) is 3.73. The molecule has 0 saturated carbocycles. The molecule has 0 spiro atoms. The third kappa shape index (κ3) is 3.02. The number of carbonyl (C=O) groups is 1. The third-order valence-electron chi connectivity index (χ3n) is 2.60. The lowest BCUT2D eigenvalue weighted by molar-refractivity contribution is 0.0602. The van der Waals surface area contributed by atoms with Crippen molar-refractivity contribution in [3.05, 3.63) is 23.3 Å². The average molecular weight is 280 g/mol. The van der Waals surface area contributed by atoms with E-state index in [1.165, 1.54) is 18.4 Å². The van der Waals surface area contributed by atoms with Crippen LogP contribution in [0.4, 0.5) is 0 Å². The van der Waals surface area contributed by atoms with Gasteiger partial charge in [-0.05, 0) is 20.2 Å². The molecular formula is C13H16N2O3S. The van der Waals surface area contributed by atoms with Gasteiger partial charge in [-0.1, -0.05) is 0 Å². The number of thiophene rings is 1. The van der Waals surface area contributed by atoms with E-state index in [-0.39, 0.29) is 5.97 Å². The maximum atomic E-state index is 11.8. The summed E-state index contributed by atoms with van der Waals surface area (Å²) in [4.78, 5) is 18.4. The highest BCUT2D eigenvalue weighted by atomic mass is 32.1. The van der Waals surface area contributed by atoms with Gasteiger partial charge in [-0.2, -0.15) is 0 Å². The van der Waals surface area contributed by atoms with Crippen molar-refractivity contribution in [1.29, 1.82) is 0 Å². The molecule has 2 heterocycles. The average Bonchev–Trinajstić information content (AvgIpc) is 2.77. The zero-order chi connectivity index (χ0) is 13.8. The van der Waals surface area contributed by atoms with Crippen molar-refractivity contribution in [1.82, 2.24) is 9.88 Å². The van der Waals surface area contributed by atoms with E-state index in [1.54, 1.807) is 12.4 Å². The first kappa shape index (κ1) is 13.8. The molecule has 0 atom stereocenters. The number of carbonyl (C=O) groups excluding carboxylic acids is 1. The molecule has 102 valence electrons. The Kier molecular flexibility index (Phi) is 4.34. The van der Waals surface area contributed by atoms with E-state index in [1.807, 2.05) is 25.1 Å². The minimum Gasteiger partial charge on any atom is -0.490 e. The van der Waals surface area contributed by atoms with Gasteiger partial charge in [-0.25, -0.2) is 4.79 Å². The van der Waals surface area contributed by atoms with Gasteiger partial charge in [0.15, 0.2) is 10.6 Å². The van der Waals surface area contributed by atoms with Gasteiger partial charge in [0.05, 0.1) is 12.5 Å². The van der Waals surface area contributed by atoms with Crippen molar-refractivity contribution in [2.45, 2.75) is 0 Å². The minimum atomic E-state index is -0.374. The molecule has 0 unspecified atom stereocenters. The van der Waals surface area contributed by atoms with Crippen LogP contribution in [-0.4, -0.2) is 50.2 Å². The van der Waals surface area contributed by atoms with Gasteiger partial charge in [0.25, 0.3) is 0 Å². The summed E-state index contributed by atoms with van der Waals surface area (Å²) in [6.45, 7) is 1.29. The van der Waals surface area contributed by atoms with Gasteiger partial charge < -0.3 is 14.4 Å². The Morgan fingerprint density at radius 1 is 1.47 bits per heavy atom. The lowest BCUT2D eigenvalue weighted by atomic mass is 10.3. The van der Waals surface area contributed by atoms with Crippen molar-refractivity contribution in [2.75, 3.05) is 34.4 Å². The number of methoxy groups -OCH3 is 1. The van der Waals surface area contributed by atoms with Crippen LogP contribution in [0.3, 0.4) is 0 Å². The van der Waals surface area contributed by atoms with E-state index in [4.69, 9.17) is 9.47 Å². The molecule has 5 nitrogen and oxygen atoms in total. The summed E-state index contributed by atoms with van der Waals surface area (Å²) in [5, 5.41) is 0.853. The number of hydrogen-bond donors (Lipinski definition) is 0. The molecule has 0 bridgehead atoms. The second-order valence-electron chi connectivity index (χ2n) is 4.28. The second-order valence-corrected chi connectivity index (χ2v) is 5.33. The number of fused-ring (bicyclic) bond motifs is 1. The number of rotatable bonds is 5. The van der Waals surface area contributed by atoms with Crippen LogP contribution in [0.2, 0.25) is 0 Å². The number of hydrogen-bond acceptors (Lipinski definition) is 6. The molecule has 0 N–H and O–H groups in total. The molecule has 0 fully saturated rings. The number of pyridine rings is 1. The molecule has 2 aromatic heterocycles. The number of esters is 1. The fraction of sp³-hybridized carbons (Fsp3) is 0.385. The zero-order valence-electron chi connectivity index (χ0n) is 11.2. The fourth-order valence-electron chi connectivity index (χ4n) is 1.62. The first-order valence-corrected chi connectivity index (χ1v) is 6.67. The highest BCUT2D eigenvalue weighted by Gasteiger charge is 2.20. The summed E-state index contributed by atoms with van der Waals surface area (Å²) >= 11 is 1.36. The van der Waals surface area contributed by atoms with Crippen molar-refractivity contribution >= 4 is 27.4 Å². The fourth-order valence-corrected chi connectivity index (χ4v) is 2.65.